The molecule has 0 rings (SSSR count). The molecule has 0 aromatic heterocycles. The monoisotopic (exact) mass is 389 g/mol. The summed E-state index contributed by atoms with van der Waals surface area (Å²) in [7, 11) is 0. The van der Waals surface area contributed by atoms with Crippen LogP contribution in [0.2, 0.25) is 0 Å². The fourth-order valence-electron chi connectivity index (χ4n) is 3.38. The fourth-order valence-corrected chi connectivity index (χ4v) is 3.61. The van der Waals surface area contributed by atoms with Gasteiger partial charge in [0, 0.05) is 10.4 Å². The Morgan fingerprint density at radius 2 is 1.09 bits per heavy atom. The van der Waals surface area contributed by atoms with E-state index in [1.54, 1.807) is 0 Å². The van der Waals surface area contributed by atoms with E-state index in [1.807, 2.05) is 0 Å². The minimum absolute atomic E-state index is 0.0948. The molecule has 1 nitrogen and oxygen atoms in total. The second-order valence-corrected chi connectivity index (χ2v) is 9.28. The smallest absolute Gasteiger partial charge is 0.0154 e. The van der Waals surface area contributed by atoms with Gasteiger partial charge in [0.1, 0.15) is 0 Å². The summed E-state index contributed by atoms with van der Waals surface area (Å²) in [5.41, 5.74) is 6.90. The van der Waals surface area contributed by atoms with Crippen molar-refractivity contribution in [3.05, 3.63) is 0 Å². The van der Waals surface area contributed by atoms with Gasteiger partial charge in [-0.05, 0) is 25.7 Å². The highest BCUT2D eigenvalue weighted by Gasteiger charge is 2.24. The Hall–Kier alpha value is 0.440. The number of rotatable bonds is 17. The van der Waals surface area contributed by atoms with Crippen molar-refractivity contribution in [3.63, 3.8) is 0 Å². The van der Waals surface area contributed by atoms with E-state index >= 15 is 0 Å². The first-order valence-corrected chi connectivity index (χ1v) is 11.4. The van der Waals surface area contributed by atoms with E-state index in [0.717, 1.165) is 0 Å². The zero-order valence-corrected chi connectivity index (χ0v) is 17.9. The Morgan fingerprint density at radius 1 is 0.696 bits per heavy atom. The molecule has 0 aromatic carbocycles. The van der Waals surface area contributed by atoms with Crippen molar-refractivity contribution in [1.82, 2.24) is 0 Å². The standard InChI is InChI=1S/C21H44BrN/c1-4-6-8-10-12-14-17-21(23,19-16-20(3)22)18-15-13-11-9-7-5-2/h20H,4-19,23H2,1-3H3. The van der Waals surface area contributed by atoms with Gasteiger partial charge in [0.25, 0.3) is 0 Å². The van der Waals surface area contributed by atoms with Crippen molar-refractivity contribution in [3.8, 4) is 0 Å². The third-order valence-corrected chi connectivity index (χ3v) is 5.55. The Balaban J connectivity index is 3.98. The van der Waals surface area contributed by atoms with Crippen molar-refractivity contribution in [2.24, 2.45) is 5.73 Å². The van der Waals surface area contributed by atoms with Crippen LogP contribution in [0.3, 0.4) is 0 Å². The highest BCUT2D eigenvalue weighted by Crippen LogP contribution is 2.27. The summed E-state index contributed by atoms with van der Waals surface area (Å²) in [5.74, 6) is 0. The van der Waals surface area contributed by atoms with Gasteiger partial charge in [-0.25, -0.2) is 0 Å². The van der Waals surface area contributed by atoms with E-state index in [9.17, 15) is 0 Å². The van der Waals surface area contributed by atoms with Crippen LogP contribution in [-0.4, -0.2) is 10.4 Å². The maximum absolute atomic E-state index is 6.81. The number of nitrogens with two attached hydrogens (primary N) is 1. The predicted molar refractivity (Wildman–Crippen MR) is 111 cm³/mol. The van der Waals surface area contributed by atoms with Gasteiger partial charge in [0.2, 0.25) is 0 Å². The molecular weight excluding hydrogens is 346 g/mol. The minimum Gasteiger partial charge on any atom is -0.325 e. The molecule has 140 valence electrons. The molecular formula is C21H44BrN. The van der Waals surface area contributed by atoms with Gasteiger partial charge < -0.3 is 5.73 Å². The summed E-state index contributed by atoms with van der Waals surface area (Å²) < 4.78 is 0. The van der Waals surface area contributed by atoms with Gasteiger partial charge in [-0.15, -0.1) is 0 Å². The Kier molecular flexibility index (Phi) is 16.2. The van der Waals surface area contributed by atoms with Crippen LogP contribution in [0.25, 0.3) is 0 Å². The molecule has 0 aliphatic rings. The van der Waals surface area contributed by atoms with E-state index in [2.05, 4.69) is 36.7 Å². The minimum atomic E-state index is 0.0948. The van der Waals surface area contributed by atoms with Gasteiger partial charge in [-0.3, -0.25) is 0 Å². The molecule has 23 heavy (non-hydrogen) atoms. The number of alkyl halides is 1. The number of hydrogen-bond acceptors (Lipinski definition) is 1. The van der Waals surface area contributed by atoms with Crippen molar-refractivity contribution in [2.75, 3.05) is 0 Å². The zero-order valence-electron chi connectivity index (χ0n) is 16.3. The molecule has 0 saturated heterocycles. The predicted octanol–water partition coefficient (Wildman–Crippen LogP) is 7.75. The summed E-state index contributed by atoms with van der Waals surface area (Å²) in [6.07, 6.45) is 21.3. The lowest BCUT2D eigenvalue weighted by molar-refractivity contribution is 0.307. The van der Waals surface area contributed by atoms with Crippen LogP contribution in [0.4, 0.5) is 0 Å². The summed E-state index contributed by atoms with van der Waals surface area (Å²) >= 11 is 3.69. The molecule has 0 saturated carbocycles. The molecule has 1 unspecified atom stereocenters. The highest BCUT2D eigenvalue weighted by atomic mass is 79.9. The van der Waals surface area contributed by atoms with E-state index in [4.69, 9.17) is 5.73 Å². The van der Waals surface area contributed by atoms with Gasteiger partial charge in [-0.1, -0.05) is 114 Å². The first-order valence-electron chi connectivity index (χ1n) is 10.5. The largest absolute Gasteiger partial charge is 0.325 e. The first kappa shape index (κ1) is 23.4. The van der Waals surface area contributed by atoms with Crippen LogP contribution in [0.1, 0.15) is 124 Å². The van der Waals surface area contributed by atoms with Crippen molar-refractivity contribution >= 4 is 15.9 Å². The van der Waals surface area contributed by atoms with Gasteiger partial charge >= 0.3 is 0 Å². The highest BCUT2D eigenvalue weighted by molar-refractivity contribution is 9.09. The molecule has 1 atom stereocenters. The number of hydrogen-bond donors (Lipinski definition) is 1. The van der Waals surface area contributed by atoms with Crippen LogP contribution in [-0.2, 0) is 0 Å². The van der Waals surface area contributed by atoms with E-state index in [1.165, 1.54) is 103 Å². The lowest BCUT2D eigenvalue weighted by Crippen LogP contribution is -2.40. The topological polar surface area (TPSA) is 26.0 Å². The van der Waals surface area contributed by atoms with Crippen LogP contribution in [0.5, 0.6) is 0 Å². The molecule has 0 aromatic rings. The third-order valence-electron chi connectivity index (χ3n) is 5.10. The second-order valence-electron chi connectivity index (χ2n) is 7.72. The van der Waals surface area contributed by atoms with Crippen LogP contribution < -0.4 is 5.73 Å². The fraction of sp³-hybridized carbons (Fsp3) is 1.00. The molecule has 0 amide bonds. The first-order chi connectivity index (χ1) is 11.0. The van der Waals surface area contributed by atoms with E-state index < -0.39 is 0 Å². The molecule has 0 bridgehead atoms. The van der Waals surface area contributed by atoms with Gasteiger partial charge in [0.15, 0.2) is 0 Å². The van der Waals surface area contributed by atoms with Crippen LogP contribution in [0, 0.1) is 0 Å². The molecule has 0 heterocycles. The number of halogens is 1. The lowest BCUT2D eigenvalue weighted by atomic mass is 9.83. The third kappa shape index (κ3) is 15.7. The normalized spacial score (nSPS) is 13.4. The molecule has 0 spiro atoms. The van der Waals surface area contributed by atoms with Gasteiger partial charge in [-0.2, -0.15) is 0 Å². The quantitative estimate of drug-likeness (QED) is 0.199. The van der Waals surface area contributed by atoms with Crippen molar-refractivity contribution in [1.29, 1.82) is 0 Å². The maximum Gasteiger partial charge on any atom is 0.0154 e. The Bertz CT molecular complexity index is 224. The summed E-state index contributed by atoms with van der Waals surface area (Å²) in [5, 5.41) is 0. The molecule has 2 N–H and O–H groups in total. The summed E-state index contributed by atoms with van der Waals surface area (Å²) in [6, 6.07) is 0. The zero-order chi connectivity index (χ0) is 17.4. The summed E-state index contributed by atoms with van der Waals surface area (Å²) in [6.45, 7) is 6.82. The Labute approximate surface area is 155 Å². The number of unbranched alkanes of at least 4 members (excludes halogenated alkanes) is 10. The second kappa shape index (κ2) is 15.9. The molecule has 0 aliphatic carbocycles. The molecule has 0 radical (unpaired) electrons. The molecule has 2 heteroatoms. The average Bonchev–Trinajstić information content (AvgIpc) is 2.52. The van der Waals surface area contributed by atoms with Crippen molar-refractivity contribution < 1.29 is 0 Å². The van der Waals surface area contributed by atoms with Crippen molar-refractivity contribution in [2.45, 2.75) is 134 Å². The Morgan fingerprint density at radius 3 is 1.48 bits per heavy atom. The van der Waals surface area contributed by atoms with E-state index in [0.29, 0.717) is 4.83 Å². The molecule has 0 fully saturated rings. The molecule has 0 aliphatic heterocycles. The average molecular weight is 390 g/mol. The lowest BCUT2D eigenvalue weighted by Gasteiger charge is -2.30. The van der Waals surface area contributed by atoms with E-state index in [-0.39, 0.29) is 5.54 Å². The maximum atomic E-state index is 6.81. The van der Waals surface area contributed by atoms with Crippen LogP contribution >= 0.6 is 15.9 Å². The van der Waals surface area contributed by atoms with Gasteiger partial charge in [0.05, 0.1) is 0 Å². The SMILES string of the molecule is CCCCCCCCC(N)(CCCCCCCC)CCC(C)Br. The van der Waals surface area contributed by atoms with Crippen LogP contribution in [0.15, 0.2) is 0 Å². The summed E-state index contributed by atoms with van der Waals surface area (Å²) in [4.78, 5) is 0.597.